The van der Waals surface area contributed by atoms with Gasteiger partial charge >= 0.3 is 0 Å². The highest BCUT2D eigenvalue weighted by Crippen LogP contribution is 2.42. The average Bonchev–Trinajstić information content (AvgIpc) is 2.67. The smallest absolute Gasteiger partial charge is 0.119 e. The van der Waals surface area contributed by atoms with E-state index < -0.39 is 0 Å². The Morgan fingerprint density at radius 1 is 1.04 bits per heavy atom. The highest BCUT2D eigenvalue weighted by Gasteiger charge is 2.14. The molecule has 0 saturated carbocycles. The number of hydrogen-bond acceptors (Lipinski definition) is 6. The number of hydrogen-bond donors (Lipinski definition) is 1. The second-order valence-corrected chi connectivity index (χ2v) is 7.32. The van der Waals surface area contributed by atoms with Crippen molar-refractivity contribution in [3.8, 4) is 5.75 Å². The van der Waals surface area contributed by atoms with Crippen molar-refractivity contribution < 1.29 is 9.94 Å². The molecule has 0 amide bonds. The predicted molar refractivity (Wildman–Crippen MR) is 109 cm³/mol. The number of methoxy groups -OCH3 is 1. The number of anilines is 1. The number of ether oxygens (including phenoxy) is 1. The highest BCUT2D eigenvalue weighted by atomic mass is 35.5. The number of benzene rings is 3. The van der Waals surface area contributed by atoms with Crippen molar-refractivity contribution in [1.29, 1.82) is 0 Å². The third-order valence-electron chi connectivity index (χ3n) is 4.18. The molecule has 0 unspecified atom stereocenters. The van der Waals surface area contributed by atoms with Gasteiger partial charge in [-0.1, -0.05) is 41.6 Å². The van der Waals surface area contributed by atoms with E-state index in [9.17, 15) is 10.4 Å². The molecule has 0 spiro atoms. The summed E-state index contributed by atoms with van der Waals surface area (Å²) >= 11 is 7.54. The van der Waals surface area contributed by atoms with Gasteiger partial charge in [0.2, 0.25) is 0 Å². The molecule has 0 bridgehead atoms. The molecule has 4 rings (SSSR count). The Kier molecular flexibility index (Phi) is 4.80. The molecule has 5 nitrogen and oxygen atoms in total. The topological polar surface area (TPSA) is 68.7 Å². The number of para-hydroxylation sites is 1. The Bertz CT molecular complexity index is 1150. The second-order valence-electron chi connectivity index (χ2n) is 5.83. The summed E-state index contributed by atoms with van der Waals surface area (Å²) in [5.74, 6) is 0.709. The predicted octanol–water partition coefficient (Wildman–Crippen LogP) is 5.89. The van der Waals surface area contributed by atoms with Gasteiger partial charge in [0.15, 0.2) is 0 Å². The normalized spacial score (nSPS) is 11.1. The zero-order chi connectivity index (χ0) is 19.0. The van der Waals surface area contributed by atoms with Crippen LogP contribution in [0.15, 0.2) is 70.5 Å². The van der Waals surface area contributed by atoms with Crippen molar-refractivity contribution in [1.82, 2.24) is 4.98 Å². The average molecular weight is 398 g/mol. The second kappa shape index (κ2) is 7.25. The Balaban J connectivity index is 2.01. The molecular weight excluding hydrogens is 384 g/mol. The van der Waals surface area contributed by atoms with E-state index in [0.717, 1.165) is 26.7 Å². The molecule has 0 fully saturated rings. The Hall–Kier alpha value is -2.51. The molecule has 0 atom stereocenters. The lowest BCUT2D eigenvalue weighted by atomic mass is 10.1. The van der Waals surface area contributed by atoms with Gasteiger partial charge < -0.3 is 15.2 Å². The van der Waals surface area contributed by atoms with Gasteiger partial charge in [0.05, 0.1) is 23.8 Å². The SMILES string of the molecule is COc1ccc2nc3cc(Cl)ccc3c(Sc3ccccc3N([O-])O)c2c1. The monoisotopic (exact) mass is 397 g/mol. The number of nitrogens with zero attached hydrogens (tertiary/aromatic N) is 2. The number of pyridine rings is 1. The maximum absolute atomic E-state index is 11.5. The van der Waals surface area contributed by atoms with Crippen molar-refractivity contribution >= 4 is 50.9 Å². The zero-order valence-corrected chi connectivity index (χ0v) is 15.8. The fourth-order valence-electron chi connectivity index (χ4n) is 2.91. The standard InChI is InChI=1S/C20H14ClN2O3S/c1-26-13-7-9-16-15(11-13)20(14-8-6-12(21)10-17(14)22-16)27-19-5-3-2-4-18(19)23(24)25/h2-11,24H,1H3/q-1. The van der Waals surface area contributed by atoms with Crippen molar-refractivity contribution in [2.24, 2.45) is 0 Å². The van der Waals surface area contributed by atoms with Crippen LogP contribution >= 0.6 is 23.4 Å². The maximum Gasteiger partial charge on any atom is 0.119 e. The summed E-state index contributed by atoms with van der Waals surface area (Å²) in [6, 6.07) is 18.0. The summed E-state index contributed by atoms with van der Waals surface area (Å²) < 4.78 is 5.36. The van der Waals surface area contributed by atoms with Crippen molar-refractivity contribution in [3.05, 3.63) is 70.9 Å². The number of rotatable bonds is 4. The van der Waals surface area contributed by atoms with E-state index in [4.69, 9.17) is 21.3 Å². The minimum absolute atomic E-state index is 0.120. The largest absolute Gasteiger partial charge is 0.733 e. The fourth-order valence-corrected chi connectivity index (χ4v) is 4.25. The third-order valence-corrected chi connectivity index (χ3v) is 5.62. The molecule has 1 heterocycles. The van der Waals surface area contributed by atoms with E-state index in [1.165, 1.54) is 11.8 Å². The van der Waals surface area contributed by atoms with E-state index in [-0.39, 0.29) is 10.9 Å². The van der Waals surface area contributed by atoms with Crippen molar-refractivity contribution in [3.63, 3.8) is 0 Å². The first-order chi connectivity index (χ1) is 13.1. The molecule has 4 aromatic rings. The van der Waals surface area contributed by atoms with Gasteiger partial charge in [-0.05, 0) is 42.5 Å². The van der Waals surface area contributed by atoms with Crippen LogP contribution in [0.2, 0.25) is 5.02 Å². The molecule has 3 aromatic carbocycles. The van der Waals surface area contributed by atoms with Crippen LogP contribution < -0.4 is 9.96 Å². The quantitative estimate of drug-likeness (QED) is 0.342. The lowest BCUT2D eigenvalue weighted by molar-refractivity contribution is 0.294. The first-order valence-electron chi connectivity index (χ1n) is 8.07. The number of aromatic nitrogens is 1. The Morgan fingerprint density at radius 3 is 2.63 bits per heavy atom. The minimum atomic E-state index is -0.120. The van der Waals surface area contributed by atoms with Crippen LogP contribution in [-0.2, 0) is 0 Å². The summed E-state index contributed by atoms with van der Waals surface area (Å²) in [5, 5.41) is 23.2. The summed E-state index contributed by atoms with van der Waals surface area (Å²) in [4.78, 5) is 6.23. The van der Waals surface area contributed by atoms with E-state index in [2.05, 4.69) is 0 Å². The summed E-state index contributed by atoms with van der Waals surface area (Å²) in [7, 11) is 1.61. The molecule has 27 heavy (non-hydrogen) atoms. The van der Waals surface area contributed by atoms with Gasteiger partial charge in [0.25, 0.3) is 0 Å². The molecular formula is C20H14ClN2O3S-. The van der Waals surface area contributed by atoms with Crippen molar-refractivity contribution in [2.45, 2.75) is 9.79 Å². The van der Waals surface area contributed by atoms with Crippen LogP contribution in [0.5, 0.6) is 5.75 Å². The van der Waals surface area contributed by atoms with E-state index in [1.54, 1.807) is 31.4 Å². The molecule has 1 N–H and O–H groups in total. The van der Waals surface area contributed by atoms with Gasteiger partial charge in [-0.25, -0.2) is 4.98 Å². The van der Waals surface area contributed by atoms with E-state index >= 15 is 0 Å². The van der Waals surface area contributed by atoms with Crippen LogP contribution in [0.1, 0.15) is 0 Å². The molecule has 0 aliphatic carbocycles. The van der Waals surface area contributed by atoms with Crippen LogP contribution in [0.4, 0.5) is 5.69 Å². The zero-order valence-electron chi connectivity index (χ0n) is 14.2. The lowest BCUT2D eigenvalue weighted by Crippen LogP contribution is -2.07. The van der Waals surface area contributed by atoms with E-state index in [1.807, 2.05) is 36.4 Å². The third kappa shape index (κ3) is 3.40. The molecule has 0 aliphatic heterocycles. The summed E-state index contributed by atoms with van der Waals surface area (Å²) in [5.41, 5.74) is 1.72. The number of fused-ring (bicyclic) bond motifs is 2. The van der Waals surface area contributed by atoms with Crippen molar-refractivity contribution in [2.75, 3.05) is 12.3 Å². The molecule has 136 valence electrons. The lowest BCUT2D eigenvalue weighted by Gasteiger charge is -2.24. The first-order valence-corrected chi connectivity index (χ1v) is 9.26. The Labute approximate surface area is 164 Å². The van der Waals surface area contributed by atoms with Crippen LogP contribution in [0, 0.1) is 5.21 Å². The summed E-state index contributed by atoms with van der Waals surface area (Å²) in [6.07, 6.45) is 0. The molecule has 0 radical (unpaired) electrons. The first kappa shape index (κ1) is 17.9. The van der Waals surface area contributed by atoms with Gasteiger partial charge in [0, 0.05) is 25.6 Å². The summed E-state index contributed by atoms with van der Waals surface area (Å²) in [6.45, 7) is 0. The van der Waals surface area contributed by atoms with Gasteiger partial charge in [-0.2, -0.15) is 0 Å². The number of halogens is 1. The molecule has 0 aliphatic rings. The van der Waals surface area contributed by atoms with Crippen LogP contribution in [-0.4, -0.2) is 17.3 Å². The Morgan fingerprint density at radius 2 is 1.85 bits per heavy atom. The minimum Gasteiger partial charge on any atom is -0.733 e. The van der Waals surface area contributed by atoms with Gasteiger partial charge in [-0.3, -0.25) is 5.21 Å². The highest BCUT2D eigenvalue weighted by molar-refractivity contribution is 8.00. The van der Waals surface area contributed by atoms with Gasteiger partial charge in [-0.15, -0.1) is 0 Å². The van der Waals surface area contributed by atoms with Gasteiger partial charge in [0.1, 0.15) is 5.75 Å². The molecule has 0 saturated heterocycles. The fraction of sp³-hybridized carbons (Fsp3) is 0.0500. The van der Waals surface area contributed by atoms with Crippen LogP contribution in [0.25, 0.3) is 21.8 Å². The van der Waals surface area contributed by atoms with E-state index in [0.29, 0.717) is 15.7 Å². The van der Waals surface area contributed by atoms with Crippen LogP contribution in [0.3, 0.4) is 0 Å². The maximum atomic E-state index is 11.5. The molecule has 7 heteroatoms. The molecule has 1 aromatic heterocycles.